The van der Waals surface area contributed by atoms with Gasteiger partial charge in [0.2, 0.25) is 0 Å². The van der Waals surface area contributed by atoms with Crippen molar-refractivity contribution in [2.45, 2.75) is 19.0 Å². The molecule has 0 bridgehead atoms. The van der Waals surface area contributed by atoms with Gasteiger partial charge in [-0.25, -0.2) is 0 Å². The molecule has 0 aliphatic rings. The molecule has 0 atom stereocenters. The lowest BCUT2D eigenvalue weighted by Crippen LogP contribution is -2.07. The van der Waals surface area contributed by atoms with Crippen LogP contribution in [0.1, 0.15) is 27.9 Å². The fraction of sp³-hybridized carbons (Fsp3) is 0.278. The minimum absolute atomic E-state index is 0.0315. The van der Waals surface area contributed by atoms with E-state index in [9.17, 15) is 9.36 Å². The summed E-state index contributed by atoms with van der Waals surface area (Å²) in [6.07, 6.45) is 1.17. The van der Waals surface area contributed by atoms with E-state index in [1.807, 2.05) is 36.4 Å². The molecule has 4 nitrogen and oxygen atoms in total. The Kier molecular flexibility index (Phi) is 7.16. The Hall–Kier alpha value is -1.01. The first-order chi connectivity index (χ1) is 11.5. The van der Waals surface area contributed by atoms with Gasteiger partial charge in [-0.2, -0.15) is 0 Å². The number of hydrogen-bond acceptors (Lipinski definition) is 4. The molecule has 24 heavy (non-hydrogen) atoms. The molecule has 0 aromatic heterocycles. The summed E-state index contributed by atoms with van der Waals surface area (Å²) >= 11 is 2.28. The van der Waals surface area contributed by atoms with Crippen molar-refractivity contribution in [1.29, 1.82) is 0 Å². The average molecular weight is 458 g/mol. The third-order valence-electron chi connectivity index (χ3n) is 3.82. The molecule has 0 aliphatic heterocycles. The molecule has 0 spiro atoms. The molecule has 0 N–H and O–H groups in total. The number of carbonyl (C=O) groups is 1. The van der Waals surface area contributed by atoms with Crippen molar-refractivity contribution in [1.82, 2.24) is 0 Å². The first-order valence-electron chi connectivity index (χ1n) is 7.54. The zero-order valence-corrected chi connectivity index (χ0v) is 16.8. The van der Waals surface area contributed by atoms with Crippen LogP contribution in [0.2, 0.25) is 0 Å². The fourth-order valence-electron chi connectivity index (χ4n) is 2.43. The van der Waals surface area contributed by atoms with E-state index in [4.69, 9.17) is 9.05 Å². The molecular weight excluding hydrogens is 438 g/mol. The Morgan fingerprint density at radius 2 is 1.58 bits per heavy atom. The van der Waals surface area contributed by atoms with Crippen molar-refractivity contribution < 1.29 is 18.4 Å². The van der Waals surface area contributed by atoms with E-state index in [-0.39, 0.29) is 11.9 Å². The zero-order valence-electron chi connectivity index (χ0n) is 13.7. The maximum atomic E-state index is 12.6. The van der Waals surface area contributed by atoms with Crippen LogP contribution in [0.3, 0.4) is 0 Å². The van der Waals surface area contributed by atoms with Gasteiger partial charge in [0, 0.05) is 29.8 Å². The Labute approximate surface area is 156 Å². The molecular formula is C18H20IO4P. The summed E-state index contributed by atoms with van der Waals surface area (Å²) in [7, 11) is -0.501. The van der Waals surface area contributed by atoms with E-state index >= 15 is 0 Å². The first kappa shape index (κ1) is 19.3. The maximum absolute atomic E-state index is 12.6. The number of hydrogen-bond donors (Lipinski definition) is 0. The molecule has 0 amide bonds. The second-order valence-electron chi connectivity index (χ2n) is 5.31. The summed E-state index contributed by atoms with van der Waals surface area (Å²) in [5.74, 6) is 0.0315. The van der Waals surface area contributed by atoms with Crippen LogP contribution >= 0.6 is 30.2 Å². The van der Waals surface area contributed by atoms with Crippen LogP contribution in [0, 0.1) is 3.57 Å². The van der Waals surface area contributed by atoms with Crippen molar-refractivity contribution in [3.63, 3.8) is 0 Å². The van der Waals surface area contributed by atoms with Crippen LogP contribution in [0.4, 0.5) is 0 Å². The molecule has 0 heterocycles. The number of aryl methyl sites for hydroxylation is 1. The Morgan fingerprint density at radius 1 is 1.00 bits per heavy atom. The topological polar surface area (TPSA) is 52.6 Å². The van der Waals surface area contributed by atoms with E-state index in [1.54, 1.807) is 12.1 Å². The molecule has 0 saturated carbocycles. The monoisotopic (exact) mass is 458 g/mol. The highest BCUT2D eigenvalue weighted by molar-refractivity contribution is 14.1. The summed E-state index contributed by atoms with van der Waals surface area (Å²) in [4.78, 5) is 12.6. The second kappa shape index (κ2) is 8.90. The quantitative estimate of drug-likeness (QED) is 0.314. The number of halogens is 1. The van der Waals surface area contributed by atoms with E-state index in [2.05, 4.69) is 22.6 Å². The molecule has 0 unspecified atom stereocenters. The Balaban J connectivity index is 2.15. The number of Topliss-reactive ketones (excluding diaryl/α,β-unsaturated/α-hetero) is 1. The smallest absolute Gasteiger partial charge is 0.312 e. The number of benzene rings is 2. The van der Waals surface area contributed by atoms with E-state index in [1.165, 1.54) is 14.2 Å². The van der Waals surface area contributed by atoms with Gasteiger partial charge in [0.05, 0.1) is 6.16 Å². The van der Waals surface area contributed by atoms with Crippen molar-refractivity contribution in [3.8, 4) is 0 Å². The summed E-state index contributed by atoms with van der Waals surface area (Å²) < 4.78 is 23.5. The van der Waals surface area contributed by atoms with Crippen LogP contribution in [0.5, 0.6) is 0 Å². The summed E-state index contributed by atoms with van der Waals surface area (Å²) in [5.41, 5.74) is 2.43. The minimum atomic E-state index is -3.21. The van der Waals surface area contributed by atoms with Gasteiger partial charge < -0.3 is 9.05 Å². The summed E-state index contributed by atoms with van der Waals surface area (Å²) in [6, 6.07) is 15.2. The largest absolute Gasteiger partial charge is 0.334 e. The maximum Gasteiger partial charge on any atom is 0.334 e. The van der Waals surface area contributed by atoms with Crippen molar-refractivity contribution in [2.75, 3.05) is 14.2 Å². The second-order valence-corrected chi connectivity index (χ2v) is 8.74. The van der Waals surface area contributed by atoms with Crippen LogP contribution in [-0.2, 0) is 26.2 Å². The average Bonchev–Trinajstić information content (AvgIpc) is 2.61. The van der Waals surface area contributed by atoms with Crippen LogP contribution in [-0.4, -0.2) is 20.0 Å². The lowest BCUT2D eigenvalue weighted by molar-refractivity contribution is 0.0982. The fourth-order valence-corrected chi connectivity index (χ4v) is 4.18. The molecule has 2 aromatic rings. The highest BCUT2D eigenvalue weighted by Crippen LogP contribution is 2.50. The third kappa shape index (κ3) is 4.99. The van der Waals surface area contributed by atoms with Gasteiger partial charge in [-0.05, 0) is 46.2 Å². The SMILES string of the molecule is COP(=O)(Cc1ccccc1C(=O)CCc1ccccc1I)OC. The van der Waals surface area contributed by atoms with Crippen molar-refractivity contribution >= 4 is 36.0 Å². The zero-order chi connectivity index (χ0) is 17.6. The third-order valence-corrected chi connectivity index (χ3v) is 6.71. The molecule has 6 heteroatoms. The molecule has 0 fully saturated rings. The number of carbonyl (C=O) groups excluding carboxylic acids is 1. The van der Waals surface area contributed by atoms with Gasteiger partial charge in [0.15, 0.2) is 5.78 Å². The molecule has 128 valence electrons. The minimum Gasteiger partial charge on any atom is -0.312 e. The molecule has 0 radical (unpaired) electrons. The van der Waals surface area contributed by atoms with Gasteiger partial charge in [-0.15, -0.1) is 0 Å². The van der Waals surface area contributed by atoms with Crippen LogP contribution in [0.15, 0.2) is 48.5 Å². The Morgan fingerprint density at radius 3 is 2.21 bits per heavy atom. The van der Waals surface area contributed by atoms with E-state index < -0.39 is 7.60 Å². The van der Waals surface area contributed by atoms with Crippen LogP contribution < -0.4 is 0 Å². The van der Waals surface area contributed by atoms with Gasteiger partial charge >= 0.3 is 7.60 Å². The van der Waals surface area contributed by atoms with Crippen molar-refractivity contribution in [3.05, 3.63) is 68.8 Å². The molecule has 2 rings (SSSR count). The predicted octanol–water partition coefficient (Wildman–Crippen LogP) is 5.09. The number of ketones is 1. The molecule has 0 saturated heterocycles. The van der Waals surface area contributed by atoms with Crippen molar-refractivity contribution in [2.24, 2.45) is 0 Å². The lowest BCUT2D eigenvalue weighted by Gasteiger charge is -2.15. The van der Waals surface area contributed by atoms with Gasteiger partial charge in [0.1, 0.15) is 0 Å². The van der Waals surface area contributed by atoms with Crippen LogP contribution in [0.25, 0.3) is 0 Å². The predicted molar refractivity (Wildman–Crippen MR) is 104 cm³/mol. The summed E-state index contributed by atoms with van der Waals surface area (Å²) in [6.45, 7) is 0. The summed E-state index contributed by atoms with van der Waals surface area (Å²) in [5, 5.41) is 0. The van der Waals surface area contributed by atoms with E-state index in [0.717, 1.165) is 9.13 Å². The first-order valence-corrected chi connectivity index (χ1v) is 10.3. The van der Waals surface area contributed by atoms with Gasteiger partial charge in [0.25, 0.3) is 0 Å². The highest BCUT2D eigenvalue weighted by Gasteiger charge is 2.24. The molecule has 2 aromatic carbocycles. The lowest BCUT2D eigenvalue weighted by atomic mass is 9.99. The van der Waals surface area contributed by atoms with E-state index in [0.29, 0.717) is 24.0 Å². The number of rotatable bonds is 8. The Bertz CT molecular complexity index is 752. The molecule has 0 aliphatic carbocycles. The standard InChI is InChI=1S/C18H20IO4P/c1-22-24(21,23-2)13-15-8-3-5-9-16(15)18(20)12-11-14-7-4-6-10-17(14)19/h3-10H,11-13H2,1-2H3. The van der Waals surface area contributed by atoms with Gasteiger partial charge in [-0.1, -0.05) is 42.5 Å². The normalized spacial score (nSPS) is 11.5. The van der Waals surface area contributed by atoms with Gasteiger partial charge in [-0.3, -0.25) is 9.36 Å². The highest BCUT2D eigenvalue weighted by atomic mass is 127.